The van der Waals surface area contributed by atoms with Crippen molar-refractivity contribution in [3.63, 3.8) is 0 Å². The molecule has 1 fully saturated rings. The largest absolute Gasteiger partial charge is 0.357 e. The number of aryl methyl sites for hydroxylation is 1. The molecule has 1 atom stereocenters. The molecule has 1 aliphatic rings. The molecule has 0 amide bonds. The minimum atomic E-state index is 0. The first-order valence-electron chi connectivity index (χ1n) is 8.91. The van der Waals surface area contributed by atoms with Crippen LogP contribution in [0.25, 0.3) is 0 Å². The van der Waals surface area contributed by atoms with E-state index in [-0.39, 0.29) is 24.0 Å². The van der Waals surface area contributed by atoms with Gasteiger partial charge in [0, 0.05) is 32.1 Å². The summed E-state index contributed by atoms with van der Waals surface area (Å²) in [6.07, 6.45) is 5.26. The summed E-state index contributed by atoms with van der Waals surface area (Å²) in [5.74, 6) is 1.93. The quantitative estimate of drug-likeness (QED) is 0.358. The third-order valence-corrected chi connectivity index (χ3v) is 4.37. The van der Waals surface area contributed by atoms with Crippen LogP contribution < -0.4 is 10.6 Å². The average Bonchev–Trinajstić information content (AvgIpc) is 3.20. The SMILES string of the molecule is CCNC(=NCC1CCCN1CC)NCCn1cnnc1CC.I. The second kappa shape index (κ2) is 11.6. The van der Waals surface area contributed by atoms with E-state index in [0.717, 1.165) is 50.9 Å². The van der Waals surface area contributed by atoms with E-state index in [0.29, 0.717) is 6.04 Å². The molecule has 138 valence electrons. The second-order valence-corrected chi connectivity index (χ2v) is 5.87. The first-order chi connectivity index (χ1) is 11.3. The van der Waals surface area contributed by atoms with Gasteiger partial charge in [0.2, 0.25) is 0 Å². The minimum absolute atomic E-state index is 0. The van der Waals surface area contributed by atoms with E-state index < -0.39 is 0 Å². The van der Waals surface area contributed by atoms with Gasteiger partial charge in [0.05, 0.1) is 6.54 Å². The summed E-state index contributed by atoms with van der Waals surface area (Å²) in [5, 5.41) is 14.8. The molecule has 1 aromatic rings. The van der Waals surface area contributed by atoms with Gasteiger partial charge in [-0.05, 0) is 32.9 Å². The van der Waals surface area contributed by atoms with Crippen LogP contribution in [0, 0.1) is 0 Å². The van der Waals surface area contributed by atoms with Gasteiger partial charge < -0.3 is 15.2 Å². The minimum Gasteiger partial charge on any atom is -0.357 e. The zero-order valence-electron chi connectivity index (χ0n) is 15.2. The molecule has 0 aromatic carbocycles. The number of likely N-dealkylation sites (N-methyl/N-ethyl adjacent to an activating group) is 1. The maximum absolute atomic E-state index is 4.77. The summed E-state index contributed by atoms with van der Waals surface area (Å²) >= 11 is 0. The number of hydrogen-bond acceptors (Lipinski definition) is 4. The molecule has 2 rings (SSSR count). The average molecular weight is 449 g/mol. The summed E-state index contributed by atoms with van der Waals surface area (Å²) in [6, 6.07) is 0.597. The van der Waals surface area contributed by atoms with Gasteiger partial charge in [-0.15, -0.1) is 34.2 Å². The van der Waals surface area contributed by atoms with Gasteiger partial charge in [-0.25, -0.2) is 0 Å². The Labute approximate surface area is 162 Å². The van der Waals surface area contributed by atoms with Crippen molar-refractivity contribution in [3.05, 3.63) is 12.2 Å². The molecule has 0 radical (unpaired) electrons. The standard InChI is InChI=1S/C16H31N7.HI/c1-4-15-21-20-13-23(15)11-9-18-16(17-5-2)19-12-14-8-7-10-22(14)6-3;/h13-14H,4-12H2,1-3H3,(H2,17,18,19);1H. The molecular weight excluding hydrogens is 417 g/mol. The summed E-state index contributed by atoms with van der Waals surface area (Å²) < 4.78 is 2.09. The molecule has 0 saturated carbocycles. The van der Waals surface area contributed by atoms with Gasteiger partial charge in [-0.1, -0.05) is 13.8 Å². The van der Waals surface area contributed by atoms with Gasteiger partial charge in [-0.2, -0.15) is 0 Å². The van der Waals surface area contributed by atoms with Crippen LogP contribution in [0.15, 0.2) is 11.3 Å². The summed E-state index contributed by atoms with van der Waals surface area (Å²) in [4.78, 5) is 7.29. The molecule has 7 nitrogen and oxygen atoms in total. The summed E-state index contributed by atoms with van der Waals surface area (Å²) in [5.41, 5.74) is 0. The Morgan fingerprint density at radius 2 is 2.17 bits per heavy atom. The van der Waals surface area contributed by atoms with Crippen LogP contribution in [0.1, 0.15) is 39.4 Å². The Kier molecular flexibility index (Phi) is 10.2. The monoisotopic (exact) mass is 449 g/mol. The molecule has 24 heavy (non-hydrogen) atoms. The van der Waals surface area contributed by atoms with Gasteiger partial charge >= 0.3 is 0 Å². The van der Waals surface area contributed by atoms with E-state index in [1.54, 1.807) is 6.33 Å². The van der Waals surface area contributed by atoms with Crippen LogP contribution in [0.3, 0.4) is 0 Å². The third-order valence-electron chi connectivity index (χ3n) is 4.37. The fourth-order valence-electron chi connectivity index (χ4n) is 3.09. The van der Waals surface area contributed by atoms with Gasteiger partial charge in [-0.3, -0.25) is 9.89 Å². The highest BCUT2D eigenvalue weighted by atomic mass is 127. The number of aromatic nitrogens is 3. The topological polar surface area (TPSA) is 70.4 Å². The lowest BCUT2D eigenvalue weighted by atomic mass is 10.2. The van der Waals surface area contributed by atoms with Gasteiger partial charge in [0.25, 0.3) is 0 Å². The first-order valence-corrected chi connectivity index (χ1v) is 8.91. The van der Waals surface area contributed by atoms with Crippen molar-refractivity contribution in [2.24, 2.45) is 4.99 Å². The molecule has 0 bridgehead atoms. The smallest absolute Gasteiger partial charge is 0.191 e. The van der Waals surface area contributed by atoms with Crippen LogP contribution in [0.2, 0.25) is 0 Å². The molecule has 0 aliphatic carbocycles. The summed E-state index contributed by atoms with van der Waals surface area (Å²) in [7, 11) is 0. The highest BCUT2D eigenvalue weighted by molar-refractivity contribution is 14.0. The Hall–Kier alpha value is -0.900. The van der Waals surface area contributed by atoms with E-state index in [1.165, 1.54) is 19.4 Å². The molecular formula is C16H32IN7. The molecule has 0 spiro atoms. The Balaban J connectivity index is 0.00000288. The van der Waals surface area contributed by atoms with E-state index in [1.807, 2.05) is 0 Å². The fourth-order valence-corrected chi connectivity index (χ4v) is 3.09. The Bertz CT molecular complexity index is 489. The third kappa shape index (κ3) is 6.19. The lowest BCUT2D eigenvalue weighted by Crippen LogP contribution is -2.40. The number of halogens is 1. The van der Waals surface area contributed by atoms with E-state index >= 15 is 0 Å². The van der Waals surface area contributed by atoms with Crippen molar-refractivity contribution in [2.75, 3.05) is 32.7 Å². The maximum Gasteiger partial charge on any atom is 0.191 e. The van der Waals surface area contributed by atoms with Crippen molar-refractivity contribution < 1.29 is 0 Å². The van der Waals surface area contributed by atoms with Crippen molar-refractivity contribution in [1.82, 2.24) is 30.3 Å². The number of aliphatic imine (C=N–C) groups is 1. The maximum atomic E-state index is 4.77. The normalized spacial score (nSPS) is 18.5. The van der Waals surface area contributed by atoms with Crippen molar-refractivity contribution in [2.45, 2.75) is 52.6 Å². The van der Waals surface area contributed by atoms with Crippen LogP contribution >= 0.6 is 24.0 Å². The number of likely N-dealkylation sites (tertiary alicyclic amines) is 1. The summed E-state index contributed by atoms with van der Waals surface area (Å²) in [6.45, 7) is 12.2. The van der Waals surface area contributed by atoms with Crippen molar-refractivity contribution in [1.29, 1.82) is 0 Å². The Morgan fingerprint density at radius 1 is 1.33 bits per heavy atom. The molecule has 1 unspecified atom stereocenters. The lowest BCUT2D eigenvalue weighted by Gasteiger charge is -2.21. The highest BCUT2D eigenvalue weighted by Gasteiger charge is 2.22. The van der Waals surface area contributed by atoms with E-state index in [4.69, 9.17) is 4.99 Å². The number of nitrogens with zero attached hydrogens (tertiary/aromatic N) is 5. The fraction of sp³-hybridized carbons (Fsp3) is 0.812. The predicted octanol–water partition coefficient (Wildman–Crippen LogP) is 1.50. The van der Waals surface area contributed by atoms with Crippen LogP contribution in [-0.4, -0.2) is 64.4 Å². The van der Waals surface area contributed by atoms with Crippen LogP contribution in [0.4, 0.5) is 0 Å². The molecule has 1 aromatic heterocycles. The molecule has 2 heterocycles. The van der Waals surface area contributed by atoms with Crippen molar-refractivity contribution in [3.8, 4) is 0 Å². The van der Waals surface area contributed by atoms with Gasteiger partial charge in [0.15, 0.2) is 5.96 Å². The van der Waals surface area contributed by atoms with Crippen molar-refractivity contribution >= 4 is 29.9 Å². The molecule has 1 saturated heterocycles. The van der Waals surface area contributed by atoms with E-state index in [9.17, 15) is 0 Å². The number of hydrogen-bond donors (Lipinski definition) is 2. The number of rotatable bonds is 8. The van der Waals surface area contributed by atoms with Crippen LogP contribution in [0.5, 0.6) is 0 Å². The highest BCUT2D eigenvalue weighted by Crippen LogP contribution is 2.16. The van der Waals surface area contributed by atoms with E-state index in [2.05, 4.69) is 51.1 Å². The predicted molar refractivity (Wildman–Crippen MR) is 109 cm³/mol. The zero-order valence-corrected chi connectivity index (χ0v) is 17.5. The first kappa shape index (κ1) is 21.1. The Morgan fingerprint density at radius 3 is 2.88 bits per heavy atom. The number of nitrogens with one attached hydrogen (secondary N) is 2. The van der Waals surface area contributed by atoms with Gasteiger partial charge in [0.1, 0.15) is 12.2 Å². The number of guanidine groups is 1. The lowest BCUT2D eigenvalue weighted by molar-refractivity contribution is 0.273. The molecule has 8 heteroatoms. The molecule has 2 N–H and O–H groups in total. The molecule has 1 aliphatic heterocycles. The van der Waals surface area contributed by atoms with Crippen LogP contribution in [-0.2, 0) is 13.0 Å². The zero-order chi connectivity index (χ0) is 16.5. The second-order valence-electron chi connectivity index (χ2n) is 5.87.